The standard InChI is InChI=1S/C14H16ClN3OS.2ClH/c1-9(7-16)17-13(19)6-10-8-20-14(18-10)11-4-2-3-5-12(11)15;;/h2-5,8-9H,6-7,16H2,1H3,(H,17,19);2*1H/t9-;;/m0../s1. The molecule has 3 N–H and O–H groups in total. The molecule has 0 saturated heterocycles. The van der Waals surface area contributed by atoms with E-state index in [1.165, 1.54) is 11.3 Å². The van der Waals surface area contributed by atoms with Crippen LogP contribution in [0.5, 0.6) is 0 Å². The molecule has 1 aromatic heterocycles. The molecule has 1 amide bonds. The van der Waals surface area contributed by atoms with Gasteiger partial charge in [-0.3, -0.25) is 4.79 Å². The molecule has 0 unspecified atom stereocenters. The van der Waals surface area contributed by atoms with Gasteiger partial charge in [-0.1, -0.05) is 29.8 Å². The van der Waals surface area contributed by atoms with Crippen LogP contribution in [-0.2, 0) is 11.2 Å². The van der Waals surface area contributed by atoms with Crippen molar-refractivity contribution in [2.45, 2.75) is 19.4 Å². The van der Waals surface area contributed by atoms with Gasteiger partial charge < -0.3 is 11.1 Å². The van der Waals surface area contributed by atoms with Gasteiger partial charge in [0.1, 0.15) is 5.01 Å². The molecule has 0 aliphatic carbocycles. The van der Waals surface area contributed by atoms with Gasteiger partial charge in [0.15, 0.2) is 0 Å². The fourth-order valence-corrected chi connectivity index (χ4v) is 2.84. The van der Waals surface area contributed by atoms with E-state index >= 15 is 0 Å². The van der Waals surface area contributed by atoms with Crippen LogP contribution < -0.4 is 11.1 Å². The second kappa shape index (κ2) is 10.0. The monoisotopic (exact) mass is 381 g/mol. The molecule has 2 rings (SSSR count). The minimum absolute atomic E-state index is 0. The Morgan fingerprint density at radius 1 is 1.41 bits per heavy atom. The van der Waals surface area contributed by atoms with Gasteiger partial charge in [-0.25, -0.2) is 4.98 Å². The quantitative estimate of drug-likeness (QED) is 0.833. The van der Waals surface area contributed by atoms with Crippen molar-refractivity contribution in [3.63, 3.8) is 0 Å². The summed E-state index contributed by atoms with van der Waals surface area (Å²) >= 11 is 7.62. The van der Waals surface area contributed by atoms with Crippen molar-refractivity contribution < 1.29 is 4.79 Å². The topological polar surface area (TPSA) is 68.0 Å². The number of halogens is 3. The molecule has 0 radical (unpaired) electrons. The lowest BCUT2D eigenvalue weighted by Crippen LogP contribution is -2.38. The maximum Gasteiger partial charge on any atom is 0.226 e. The molecule has 2 aromatic rings. The maximum atomic E-state index is 11.8. The summed E-state index contributed by atoms with van der Waals surface area (Å²) in [5.41, 5.74) is 7.10. The first-order valence-corrected chi connectivity index (χ1v) is 7.54. The number of nitrogens with zero attached hydrogens (tertiary/aromatic N) is 1. The van der Waals surface area contributed by atoms with Gasteiger partial charge in [0.2, 0.25) is 5.91 Å². The Morgan fingerprint density at radius 2 is 2.09 bits per heavy atom. The predicted molar refractivity (Wildman–Crippen MR) is 97.4 cm³/mol. The van der Waals surface area contributed by atoms with E-state index in [0.717, 1.165) is 16.3 Å². The van der Waals surface area contributed by atoms with Gasteiger partial charge in [0, 0.05) is 23.5 Å². The Bertz CT molecular complexity index is 607. The van der Waals surface area contributed by atoms with Crippen LogP contribution in [-0.4, -0.2) is 23.5 Å². The molecule has 0 aliphatic rings. The summed E-state index contributed by atoms with van der Waals surface area (Å²) in [6.45, 7) is 2.29. The van der Waals surface area contributed by atoms with Gasteiger partial charge in [0.25, 0.3) is 0 Å². The largest absolute Gasteiger partial charge is 0.352 e. The molecule has 0 aliphatic heterocycles. The number of hydrogen-bond donors (Lipinski definition) is 2. The number of carbonyl (C=O) groups is 1. The van der Waals surface area contributed by atoms with E-state index in [4.69, 9.17) is 17.3 Å². The predicted octanol–water partition coefficient (Wildman–Crippen LogP) is 3.31. The average Bonchev–Trinajstić information content (AvgIpc) is 2.87. The number of carbonyl (C=O) groups excluding carboxylic acids is 1. The zero-order valence-electron chi connectivity index (χ0n) is 11.9. The Hall–Kier alpha value is -0.850. The van der Waals surface area contributed by atoms with Crippen LogP contribution >= 0.6 is 47.8 Å². The van der Waals surface area contributed by atoms with E-state index in [-0.39, 0.29) is 43.2 Å². The number of nitrogens with two attached hydrogens (primary N) is 1. The van der Waals surface area contributed by atoms with E-state index < -0.39 is 0 Å². The van der Waals surface area contributed by atoms with E-state index in [1.54, 1.807) is 0 Å². The third kappa shape index (κ3) is 5.74. The van der Waals surface area contributed by atoms with Crippen molar-refractivity contribution >= 4 is 53.7 Å². The molecule has 0 saturated carbocycles. The lowest BCUT2D eigenvalue weighted by atomic mass is 10.2. The Morgan fingerprint density at radius 3 is 2.73 bits per heavy atom. The van der Waals surface area contributed by atoms with Gasteiger partial charge in [-0.2, -0.15) is 0 Å². The van der Waals surface area contributed by atoms with Crippen LogP contribution in [0, 0.1) is 0 Å². The van der Waals surface area contributed by atoms with E-state index in [9.17, 15) is 4.79 Å². The van der Waals surface area contributed by atoms with Gasteiger partial charge in [0.05, 0.1) is 17.1 Å². The van der Waals surface area contributed by atoms with E-state index in [0.29, 0.717) is 11.6 Å². The lowest BCUT2D eigenvalue weighted by molar-refractivity contribution is -0.121. The summed E-state index contributed by atoms with van der Waals surface area (Å²) in [7, 11) is 0. The molecule has 4 nitrogen and oxygen atoms in total. The molecular formula is C14H18Cl3N3OS. The van der Waals surface area contributed by atoms with Gasteiger partial charge in [-0.05, 0) is 13.0 Å². The summed E-state index contributed by atoms with van der Waals surface area (Å²) in [5.74, 6) is -0.0704. The first kappa shape index (κ1) is 21.1. The first-order valence-electron chi connectivity index (χ1n) is 6.29. The molecule has 8 heteroatoms. The normalized spacial score (nSPS) is 11.0. The zero-order valence-corrected chi connectivity index (χ0v) is 15.1. The van der Waals surface area contributed by atoms with Crippen molar-refractivity contribution in [3.05, 3.63) is 40.4 Å². The Balaban J connectivity index is 0.00000220. The highest BCUT2D eigenvalue weighted by molar-refractivity contribution is 7.13. The molecule has 1 heterocycles. The number of aromatic nitrogens is 1. The molecule has 0 bridgehead atoms. The summed E-state index contributed by atoms with van der Waals surface area (Å²) in [4.78, 5) is 16.2. The van der Waals surface area contributed by atoms with Crippen LogP contribution in [0.15, 0.2) is 29.6 Å². The summed E-state index contributed by atoms with van der Waals surface area (Å²) in [6, 6.07) is 7.51. The summed E-state index contributed by atoms with van der Waals surface area (Å²) in [6.07, 6.45) is 0.255. The Kier molecular flexibility index (Phi) is 9.64. The number of thiazole rings is 1. The van der Waals surface area contributed by atoms with Crippen molar-refractivity contribution in [2.24, 2.45) is 5.73 Å². The minimum Gasteiger partial charge on any atom is -0.352 e. The molecule has 22 heavy (non-hydrogen) atoms. The molecule has 0 spiro atoms. The van der Waals surface area contributed by atoms with E-state index in [1.807, 2.05) is 36.6 Å². The Labute approximate surface area is 151 Å². The number of hydrogen-bond acceptors (Lipinski definition) is 4. The number of nitrogens with one attached hydrogen (secondary N) is 1. The van der Waals surface area contributed by atoms with Crippen LogP contribution in [0.3, 0.4) is 0 Å². The zero-order chi connectivity index (χ0) is 14.5. The lowest BCUT2D eigenvalue weighted by Gasteiger charge is -2.09. The average molecular weight is 383 g/mol. The van der Waals surface area contributed by atoms with Crippen LogP contribution in [0.2, 0.25) is 5.02 Å². The highest BCUT2D eigenvalue weighted by Crippen LogP contribution is 2.30. The highest BCUT2D eigenvalue weighted by atomic mass is 35.5. The SMILES string of the molecule is C[C@@H](CN)NC(=O)Cc1csc(-c2ccccc2Cl)n1.Cl.Cl. The molecule has 1 aromatic carbocycles. The fourth-order valence-electron chi connectivity index (χ4n) is 1.70. The molecule has 1 atom stereocenters. The van der Waals surface area contributed by atoms with Crippen molar-refractivity contribution in [1.29, 1.82) is 0 Å². The number of amides is 1. The third-order valence-corrected chi connectivity index (χ3v) is 4.01. The smallest absolute Gasteiger partial charge is 0.226 e. The van der Waals surface area contributed by atoms with Gasteiger partial charge in [-0.15, -0.1) is 36.2 Å². The third-order valence-electron chi connectivity index (χ3n) is 2.76. The van der Waals surface area contributed by atoms with Crippen molar-refractivity contribution in [2.75, 3.05) is 6.54 Å². The molecule has 0 fully saturated rings. The van der Waals surface area contributed by atoms with Crippen molar-refractivity contribution in [1.82, 2.24) is 10.3 Å². The van der Waals surface area contributed by atoms with Crippen LogP contribution in [0.4, 0.5) is 0 Å². The summed E-state index contributed by atoms with van der Waals surface area (Å²) < 4.78 is 0. The van der Waals surface area contributed by atoms with Crippen molar-refractivity contribution in [3.8, 4) is 10.6 Å². The van der Waals surface area contributed by atoms with Gasteiger partial charge >= 0.3 is 0 Å². The summed E-state index contributed by atoms with van der Waals surface area (Å²) in [5, 5.41) is 6.18. The van der Waals surface area contributed by atoms with Crippen LogP contribution in [0.1, 0.15) is 12.6 Å². The first-order chi connectivity index (χ1) is 9.60. The molecular weight excluding hydrogens is 365 g/mol. The highest BCUT2D eigenvalue weighted by Gasteiger charge is 2.12. The van der Waals surface area contributed by atoms with E-state index in [2.05, 4.69) is 10.3 Å². The number of benzene rings is 1. The minimum atomic E-state index is -0.0704. The second-order valence-corrected chi connectivity index (χ2v) is 5.77. The maximum absolute atomic E-state index is 11.8. The molecule has 122 valence electrons. The fraction of sp³-hybridized carbons (Fsp3) is 0.286. The second-order valence-electron chi connectivity index (χ2n) is 4.50. The number of rotatable bonds is 5. The van der Waals surface area contributed by atoms with Crippen LogP contribution in [0.25, 0.3) is 10.6 Å².